The first-order chi connectivity index (χ1) is 6.52. The first kappa shape index (κ1) is 12.0. The molecule has 0 aromatic carbocycles. The molecule has 0 heterocycles. The zero-order valence-corrected chi connectivity index (χ0v) is 10.1. The van der Waals surface area contributed by atoms with E-state index in [1.165, 1.54) is 12.8 Å². The molecular formula is C12H25NO. The van der Waals surface area contributed by atoms with Gasteiger partial charge in [0.25, 0.3) is 0 Å². The quantitative estimate of drug-likeness (QED) is 0.636. The monoisotopic (exact) mass is 199 g/mol. The van der Waals surface area contributed by atoms with Gasteiger partial charge in [0.05, 0.1) is 6.61 Å². The molecule has 0 aromatic rings. The zero-order chi connectivity index (χ0) is 10.6. The van der Waals surface area contributed by atoms with Crippen molar-refractivity contribution < 1.29 is 4.74 Å². The second-order valence-corrected chi connectivity index (χ2v) is 5.39. The van der Waals surface area contributed by atoms with E-state index >= 15 is 0 Å². The van der Waals surface area contributed by atoms with Crippen LogP contribution in [0.3, 0.4) is 0 Å². The molecule has 1 rings (SSSR count). The zero-order valence-electron chi connectivity index (χ0n) is 10.1. The predicted octanol–water partition coefficient (Wildman–Crippen LogP) is 2.44. The lowest BCUT2D eigenvalue weighted by atomic mass is 9.99. The SMILES string of the molecule is CC(C)COCCNC(C)(C)C1CC1. The third-order valence-electron chi connectivity index (χ3n) is 2.88. The Bertz CT molecular complexity index is 162. The smallest absolute Gasteiger partial charge is 0.0591 e. The molecule has 0 saturated heterocycles. The molecule has 0 radical (unpaired) electrons. The second-order valence-electron chi connectivity index (χ2n) is 5.39. The van der Waals surface area contributed by atoms with Crippen LogP contribution in [-0.4, -0.2) is 25.3 Å². The van der Waals surface area contributed by atoms with Gasteiger partial charge in [-0.2, -0.15) is 0 Å². The van der Waals surface area contributed by atoms with Gasteiger partial charge >= 0.3 is 0 Å². The van der Waals surface area contributed by atoms with Crippen LogP contribution in [-0.2, 0) is 4.74 Å². The van der Waals surface area contributed by atoms with Gasteiger partial charge in [-0.1, -0.05) is 13.8 Å². The number of hydrogen-bond donors (Lipinski definition) is 1. The van der Waals surface area contributed by atoms with E-state index in [4.69, 9.17) is 4.74 Å². The van der Waals surface area contributed by atoms with Crippen LogP contribution in [0.4, 0.5) is 0 Å². The molecular weight excluding hydrogens is 174 g/mol. The van der Waals surface area contributed by atoms with Crippen molar-refractivity contribution in [2.75, 3.05) is 19.8 Å². The van der Waals surface area contributed by atoms with Gasteiger partial charge in [-0.3, -0.25) is 0 Å². The average Bonchev–Trinajstić information content (AvgIpc) is 2.84. The number of nitrogens with one attached hydrogen (secondary N) is 1. The maximum absolute atomic E-state index is 5.53. The fourth-order valence-corrected chi connectivity index (χ4v) is 1.71. The summed E-state index contributed by atoms with van der Waals surface area (Å²) in [6.45, 7) is 11.7. The summed E-state index contributed by atoms with van der Waals surface area (Å²) in [6.07, 6.45) is 2.79. The van der Waals surface area contributed by atoms with E-state index in [0.717, 1.165) is 25.7 Å². The summed E-state index contributed by atoms with van der Waals surface area (Å²) >= 11 is 0. The maximum atomic E-state index is 5.53. The highest BCUT2D eigenvalue weighted by atomic mass is 16.5. The number of ether oxygens (including phenoxy) is 1. The van der Waals surface area contributed by atoms with E-state index < -0.39 is 0 Å². The Morgan fingerprint density at radius 3 is 2.50 bits per heavy atom. The van der Waals surface area contributed by atoms with Gasteiger partial charge in [-0.15, -0.1) is 0 Å². The molecule has 0 aromatic heterocycles. The summed E-state index contributed by atoms with van der Waals surface area (Å²) in [5.41, 5.74) is 0.321. The third-order valence-corrected chi connectivity index (χ3v) is 2.88. The van der Waals surface area contributed by atoms with Crippen molar-refractivity contribution in [1.82, 2.24) is 5.32 Å². The molecule has 2 nitrogen and oxygen atoms in total. The van der Waals surface area contributed by atoms with Gasteiger partial charge in [0, 0.05) is 18.7 Å². The van der Waals surface area contributed by atoms with Crippen molar-refractivity contribution in [3.05, 3.63) is 0 Å². The van der Waals surface area contributed by atoms with E-state index in [-0.39, 0.29) is 0 Å². The van der Waals surface area contributed by atoms with E-state index in [1.54, 1.807) is 0 Å². The Kier molecular flexibility index (Phi) is 4.39. The Balaban J connectivity index is 1.97. The van der Waals surface area contributed by atoms with E-state index in [2.05, 4.69) is 33.0 Å². The van der Waals surface area contributed by atoms with Crippen molar-refractivity contribution in [1.29, 1.82) is 0 Å². The number of hydrogen-bond acceptors (Lipinski definition) is 2. The molecule has 0 aliphatic heterocycles. The van der Waals surface area contributed by atoms with Crippen LogP contribution in [0.1, 0.15) is 40.5 Å². The summed E-state index contributed by atoms with van der Waals surface area (Å²) in [5, 5.41) is 3.57. The van der Waals surface area contributed by atoms with Gasteiger partial charge in [0.2, 0.25) is 0 Å². The first-order valence-electron chi connectivity index (χ1n) is 5.85. The average molecular weight is 199 g/mol. The molecule has 84 valence electrons. The molecule has 0 amide bonds. The van der Waals surface area contributed by atoms with Crippen LogP contribution in [0.5, 0.6) is 0 Å². The van der Waals surface area contributed by atoms with Crippen LogP contribution in [0, 0.1) is 11.8 Å². The minimum absolute atomic E-state index is 0.321. The fourth-order valence-electron chi connectivity index (χ4n) is 1.71. The minimum atomic E-state index is 0.321. The molecule has 1 fully saturated rings. The van der Waals surface area contributed by atoms with Gasteiger partial charge in [0.1, 0.15) is 0 Å². The minimum Gasteiger partial charge on any atom is -0.380 e. The highest BCUT2D eigenvalue weighted by molar-refractivity contribution is 4.94. The van der Waals surface area contributed by atoms with Gasteiger partial charge in [-0.25, -0.2) is 0 Å². The van der Waals surface area contributed by atoms with Crippen molar-refractivity contribution in [3.63, 3.8) is 0 Å². The van der Waals surface area contributed by atoms with Crippen molar-refractivity contribution in [2.45, 2.75) is 46.1 Å². The topological polar surface area (TPSA) is 21.3 Å². The van der Waals surface area contributed by atoms with Gasteiger partial charge < -0.3 is 10.1 Å². The summed E-state index contributed by atoms with van der Waals surface area (Å²) in [6, 6.07) is 0. The molecule has 0 atom stereocenters. The van der Waals surface area contributed by atoms with E-state index in [9.17, 15) is 0 Å². The van der Waals surface area contributed by atoms with Crippen LogP contribution in [0.15, 0.2) is 0 Å². The van der Waals surface area contributed by atoms with Crippen molar-refractivity contribution in [3.8, 4) is 0 Å². The number of rotatable bonds is 7. The molecule has 14 heavy (non-hydrogen) atoms. The summed E-state index contributed by atoms with van der Waals surface area (Å²) in [7, 11) is 0. The lowest BCUT2D eigenvalue weighted by molar-refractivity contribution is 0.106. The summed E-state index contributed by atoms with van der Waals surface area (Å²) < 4.78 is 5.53. The lowest BCUT2D eigenvalue weighted by Gasteiger charge is -2.26. The van der Waals surface area contributed by atoms with Gasteiger partial charge in [-0.05, 0) is 38.5 Å². The van der Waals surface area contributed by atoms with Crippen LogP contribution < -0.4 is 5.32 Å². The third kappa shape index (κ3) is 4.43. The fraction of sp³-hybridized carbons (Fsp3) is 1.00. The lowest BCUT2D eigenvalue weighted by Crippen LogP contribution is -2.43. The largest absolute Gasteiger partial charge is 0.380 e. The Labute approximate surface area is 88.4 Å². The van der Waals surface area contributed by atoms with Crippen LogP contribution >= 0.6 is 0 Å². The molecule has 2 heteroatoms. The van der Waals surface area contributed by atoms with Crippen LogP contribution in [0.25, 0.3) is 0 Å². The predicted molar refractivity (Wildman–Crippen MR) is 60.5 cm³/mol. The Morgan fingerprint density at radius 1 is 1.36 bits per heavy atom. The Hall–Kier alpha value is -0.0800. The second kappa shape index (κ2) is 5.13. The summed E-state index contributed by atoms with van der Waals surface area (Å²) in [5.74, 6) is 1.54. The van der Waals surface area contributed by atoms with E-state index in [0.29, 0.717) is 11.5 Å². The molecule has 0 bridgehead atoms. The van der Waals surface area contributed by atoms with Crippen LogP contribution in [0.2, 0.25) is 0 Å². The highest BCUT2D eigenvalue weighted by Crippen LogP contribution is 2.38. The first-order valence-corrected chi connectivity index (χ1v) is 5.85. The molecule has 1 saturated carbocycles. The van der Waals surface area contributed by atoms with E-state index in [1.807, 2.05) is 0 Å². The summed E-state index contributed by atoms with van der Waals surface area (Å²) in [4.78, 5) is 0. The Morgan fingerprint density at radius 2 is 2.00 bits per heavy atom. The van der Waals surface area contributed by atoms with Crippen molar-refractivity contribution in [2.24, 2.45) is 11.8 Å². The molecule has 1 aliphatic carbocycles. The molecule has 0 unspecified atom stereocenters. The normalized spacial score (nSPS) is 17.8. The molecule has 0 spiro atoms. The van der Waals surface area contributed by atoms with Gasteiger partial charge in [0.15, 0.2) is 0 Å². The standard InChI is InChI=1S/C12H25NO/c1-10(2)9-14-8-7-13-12(3,4)11-5-6-11/h10-11,13H,5-9H2,1-4H3. The van der Waals surface area contributed by atoms with Crippen molar-refractivity contribution >= 4 is 0 Å². The highest BCUT2D eigenvalue weighted by Gasteiger charge is 2.36. The molecule has 1 N–H and O–H groups in total. The molecule has 1 aliphatic rings. The maximum Gasteiger partial charge on any atom is 0.0591 e.